The lowest BCUT2D eigenvalue weighted by molar-refractivity contribution is -0.137. The number of carbonyl (C=O) groups excluding carboxylic acids is 2. The van der Waals surface area contributed by atoms with Crippen molar-refractivity contribution < 1.29 is 40.7 Å². The molecule has 0 saturated carbocycles. The Morgan fingerprint density at radius 3 is 2.38 bits per heavy atom. The number of alkyl halides is 3. The van der Waals surface area contributed by atoms with Gasteiger partial charge in [-0.2, -0.15) is 13.2 Å². The molecule has 2 aromatic carbocycles. The Bertz CT molecular complexity index is 1340. The van der Waals surface area contributed by atoms with E-state index in [1.165, 1.54) is 23.1 Å². The van der Waals surface area contributed by atoms with E-state index in [2.05, 4.69) is 9.46 Å². The van der Waals surface area contributed by atoms with Crippen LogP contribution in [-0.4, -0.2) is 51.2 Å². The first-order valence-corrected chi connectivity index (χ1v) is 14.0. The van der Waals surface area contributed by atoms with E-state index in [0.717, 1.165) is 25.3 Å². The quantitative estimate of drug-likeness (QED) is 0.430. The maximum atomic E-state index is 13.6. The molecule has 1 aliphatic heterocycles. The van der Waals surface area contributed by atoms with E-state index < -0.39 is 45.3 Å². The number of likely N-dealkylation sites (tertiary alicyclic amines) is 1. The predicted octanol–water partition coefficient (Wildman–Crippen LogP) is 5.97. The minimum Gasteiger partial charge on any atom is -0.465 e. The van der Waals surface area contributed by atoms with Crippen LogP contribution in [0.5, 0.6) is 0 Å². The van der Waals surface area contributed by atoms with E-state index in [1.54, 1.807) is 27.7 Å². The number of benzene rings is 2. The van der Waals surface area contributed by atoms with Gasteiger partial charge in [-0.05, 0) is 75.4 Å². The minimum atomic E-state index is -4.72. The summed E-state index contributed by atoms with van der Waals surface area (Å²) in [6.07, 6.45) is -3.89. The van der Waals surface area contributed by atoms with Crippen LogP contribution in [0.2, 0.25) is 0 Å². The van der Waals surface area contributed by atoms with Gasteiger partial charge in [-0.25, -0.2) is 18.0 Å². The van der Waals surface area contributed by atoms with Crippen molar-refractivity contribution in [3.8, 4) is 0 Å². The van der Waals surface area contributed by atoms with Gasteiger partial charge in [0.2, 0.25) is 0 Å². The van der Waals surface area contributed by atoms with Gasteiger partial charge in [-0.1, -0.05) is 19.1 Å². The van der Waals surface area contributed by atoms with Crippen LogP contribution < -0.4 is 4.72 Å². The highest BCUT2D eigenvalue weighted by Crippen LogP contribution is 2.38. The maximum absolute atomic E-state index is 13.6. The SMILES string of the molecule is CCc1ccc(C(=O)OC)cc1S(=O)(=O)Nc1cc(C(F)(F)F)ccc1C1CCCN(C(=O)OC(C)(C)C)C1. The molecule has 0 aromatic heterocycles. The molecule has 12 heteroatoms. The third-order valence-corrected chi connectivity index (χ3v) is 7.74. The lowest BCUT2D eigenvalue weighted by atomic mass is 9.89. The summed E-state index contributed by atoms with van der Waals surface area (Å²) < 4.78 is 80.4. The first kappa shape index (κ1) is 30.3. The van der Waals surface area contributed by atoms with Gasteiger partial charge < -0.3 is 14.4 Å². The zero-order valence-electron chi connectivity index (χ0n) is 22.5. The van der Waals surface area contributed by atoms with Gasteiger partial charge in [-0.15, -0.1) is 0 Å². The maximum Gasteiger partial charge on any atom is 0.416 e. The number of ether oxygens (including phenoxy) is 2. The first-order valence-electron chi connectivity index (χ1n) is 12.5. The van der Waals surface area contributed by atoms with Crippen molar-refractivity contribution in [1.82, 2.24) is 4.90 Å². The zero-order valence-corrected chi connectivity index (χ0v) is 23.3. The monoisotopic (exact) mass is 570 g/mol. The number of aryl methyl sites for hydroxylation is 1. The molecule has 1 N–H and O–H groups in total. The molecular weight excluding hydrogens is 537 g/mol. The smallest absolute Gasteiger partial charge is 0.416 e. The second-order valence-corrected chi connectivity index (χ2v) is 12.0. The van der Waals surface area contributed by atoms with Crippen molar-refractivity contribution in [1.29, 1.82) is 0 Å². The Morgan fingerprint density at radius 1 is 1.10 bits per heavy atom. The molecule has 1 aliphatic rings. The number of rotatable bonds is 6. The lowest BCUT2D eigenvalue weighted by Crippen LogP contribution is -2.42. The van der Waals surface area contributed by atoms with Crippen LogP contribution in [0.15, 0.2) is 41.3 Å². The predicted molar refractivity (Wildman–Crippen MR) is 139 cm³/mol. The molecule has 0 bridgehead atoms. The number of anilines is 1. The fraction of sp³-hybridized carbons (Fsp3) is 0.481. The molecule has 1 saturated heterocycles. The fourth-order valence-electron chi connectivity index (χ4n) is 4.44. The number of amides is 1. The van der Waals surface area contributed by atoms with E-state index in [9.17, 15) is 31.2 Å². The van der Waals surface area contributed by atoms with E-state index in [1.807, 2.05) is 0 Å². The number of carbonyl (C=O) groups is 2. The Hall–Kier alpha value is -3.28. The second-order valence-electron chi connectivity index (χ2n) is 10.3. The summed E-state index contributed by atoms with van der Waals surface area (Å²) in [5.74, 6) is -1.20. The van der Waals surface area contributed by atoms with Gasteiger partial charge in [-0.3, -0.25) is 4.72 Å². The molecule has 0 radical (unpaired) electrons. The van der Waals surface area contributed by atoms with Gasteiger partial charge in [0.1, 0.15) is 5.60 Å². The van der Waals surface area contributed by atoms with E-state index in [0.29, 0.717) is 36.9 Å². The molecule has 0 spiro atoms. The van der Waals surface area contributed by atoms with Crippen LogP contribution >= 0.6 is 0 Å². The number of methoxy groups -OCH3 is 1. The Kier molecular flexibility index (Phi) is 8.88. The van der Waals surface area contributed by atoms with Gasteiger partial charge in [0.15, 0.2) is 0 Å². The van der Waals surface area contributed by atoms with E-state index >= 15 is 0 Å². The number of piperidine rings is 1. The Labute approximate surface area is 226 Å². The average molecular weight is 571 g/mol. The van der Waals surface area contributed by atoms with E-state index in [-0.39, 0.29) is 22.7 Å². The molecule has 3 rings (SSSR count). The molecule has 1 fully saturated rings. The molecule has 0 aliphatic carbocycles. The topological polar surface area (TPSA) is 102 Å². The molecule has 2 aromatic rings. The van der Waals surface area contributed by atoms with Gasteiger partial charge in [0.05, 0.1) is 28.8 Å². The van der Waals surface area contributed by atoms with Crippen LogP contribution in [-0.2, 0) is 32.1 Å². The highest BCUT2D eigenvalue weighted by atomic mass is 32.2. The minimum absolute atomic E-state index is 0.0142. The van der Waals surface area contributed by atoms with Crippen LogP contribution in [0, 0.1) is 0 Å². The van der Waals surface area contributed by atoms with Gasteiger partial charge >= 0.3 is 18.2 Å². The average Bonchev–Trinajstić information content (AvgIpc) is 2.86. The Morgan fingerprint density at radius 2 is 1.79 bits per heavy atom. The number of hydrogen-bond donors (Lipinski definition) is 1. The fourth-order valence-corrected chi connectivity index (χ4v) is 5.86. The summed E-state index contributed by atoms with van der Waals surface area (Å²) in [4.78, 5) is 25.9. The van der Waals surface area contributed by atoms with Gasteiger partial charge in [0.25, 0.3) is 10.0 Å². The molecule has 1 atom stereocenters. The number of hydrogen-bond acceptors (Lipinski definition) is 6. The largest absolute Gasteiger partial charge is 0.465 e. The third-order valence-electron chi connectivity index (χ3n) is 6.30. The molecule has 39 heavy (non-hydrogen) atoms. The summed E-state index contributed by atoms with van der Waals surface area (Å²) in [5.41, 5.74) is -1.32. The van der Waals surface area contributed by atoms with Crippen molar-refractivity contribution in [3.05, 3.63) is 58.7 Å². The lowest BCUT2D eigenvalue weighted by Gasteiger charge is -2.35. The summed E-state index contributed by atoms with van der Waals surface area (Å²) in [6.45, 7) is 7.47. The second kappa shape index (κ2) is 11.4. The van der Waals surface area contributed by atoms with Crippen molar-refractivity contribution in [3.63, 3.8) is 0 Å². The molecule has 1 heterocycles. The molecule has 1 amide bonds. The summed E-state index contributed by atoms with van der Waals surface area (Å²) in [6, 6.07) is 6.94. The standard InChI is InChI=1S/C27H33F3N2O6S/c1-6-17-9-10-18(24(33)37-5)14-23(17)39(35,36)31-22-15-20(27(28,29)30)11-12-21(22)19-8-7-13-32(16-19)25(34)38-26(2,3)4/h9-12,14-15,19,31H,6-8,13,16H2,1-5H3. The highest BCUT2D eigenvalue weighted by Gasteiger charge is 2.34. The van der Waals surface area contributed by atoms with Crippen LogP contribution in [0.25, 0.3) is 0 Å². The summed E-state index contributed by atoms with van der Waals surface area (Å²) >= 11 is 0. The van der Waals surface area contributed by atoms with Crippen LogP contribution in [0.4, 0.5) is 23.7 Å². The Balaban J connectivity index is 2.04. The first-order chi connectivity index (χ1) is 18.1. The number of sulfonamides is 1. The van der Waals surface area contributed by atoms with Crippen LogP contribution in [0.1, 0.15) is 73.5 Å². The molecule has 1 unspecified atom stereocenters. The number of nitrogens with zero attached hydrogens (tertiary/aromatic N) is 1. The number of esters is 1. The van der Waals surface area contributed by atoms with Crippen molar-refractivity contribution >= 4 is 27.8 Å². The molecular formula is C27H33F3N2O6S. The van der Waals surface area contributed by atoms with Crippen LogP contribution in [0.3, 0.4) is 0 Å². The summed E-state index contributed by atoms with van der Waals surface area (Å²) in [7, 11) is -3.27. The normalized spacial score (nSPS) is 16.5. The summed E-state index contributed by atoms with van der Waals surface area (Å²) in [5, 5.41) is 0. The zero-order chi connectivity index (χ0) is 29.2. The third kappa shape index (κ3) is 7.43. The number of nitrogens with one attached hydrogen (secondary N) is 1. The highest BCUT2D eigenvalue weighted by molar-refractivity contribution is 7.92. The van der Waals surface area contributed by atoms with Crippen molar-refractivity contribution in [2.24, 2.45) is 0 Å². The van der Waals surface area contributed by atoms with Crippen molar-refractivity contribution in [2.45, 2.75) is 69.5 Å². The van der Waals surface area contributed by atoms with Crippen molar-refractivity contribution in [2.75, 3.05) is 24.9 Å². The number of halogens is 3. The molecule has 214 valence electrons. The van der Waals surface area contributed by atoms with E-state index in [4.69, 9.17) is 4.74 Å². The molecule has 8 nitrogen and oxygen atoms in total. The van der Waals surface area contributed by atoms with Gasteiger partial charge in [0, 0.05) is 19.0 Å².